The maximum absolute atomic E-state index is 13.2. The van der Waals surface area contributed by atoms with Gasteiger partial charge in [0, 0.05) is 13.1 Å². The molecular formula is C12H13FN2O3S. The first-order chi connectivity index (χ1) is 8.82. The Bertz CT molecular complexity index is 645. The first kappa shape index (κ1) is 13.9. The summed E-state index contributed by atoms with van der Waals surface area (Å²) in [5.74, 6) is -0.755. The van der Waals surface area contributed by atoms with Crippen LogP contribution in [-0.2, 0) is 10.0 Å². The summed E-state index contributed by atoms with van der Waals surface area (Å²) < 4.78 is 38.6. The molecule has 5 nitrogen and oxygen atoms in total. The molecule has 0 bridgehead atoms. The predicted molar refractivity (Wildman–Crippen MR) is 65.1 cm³/mol. The zero-order valence-electron chi connectivity index (χ0n) is 10.3. The van der Waals surface area contributed by atoms with Crippen LogP contribution in [0.1, 0.15) is 18.9 Å². The highest BCUT2D eigenvalue weighted by atomic mass is 32.2. The highest BCUT2D eigenvalue weighted by molar-refractivity contribution is 7.89. The Kier molecular flexibility index (Phi) is 3.34. The maximum atomic E-state index is 13.2. The number of nitrogens with zero attached hydrogens (tertiary/aromatic N) is 2. The highest BCUT2D eigenvalue weighted by Gasteiger charge is 2.46. The second kappa shape index (κ2) is 4.56. The number of halogens is 1. The fourth-order valence-electron chi connectivity index (χ4n) is 1.90. The third-order valence-electron chi connectivity index (χ3n) is 3.30. The summed E-state index contributed by atoms with van der Waals surface area (Å²) >= 11 is 0. The van der Waals surface area contributed by atoms with E-state index in [0.717, 1.165) is 22.5 Å². The lowest BCUT2D eigenvalue weighted by Gasteiger charge is -2.44. The molecule has 1 aromatic rings. The van der Waals surface area contributed by atoms with Crippen molar-refractivity contribution in [3.63, 3.8) is 0 Å². The molecule has 0 amide bonds. The van der Waals surface area contributed by atoms with Crippen molar-refractivity contribution in [2.75, 3.05) is 13.1 Å². The van der Waals surface area contributed by atoms with Crippen LogP contribution in [0.4, 0.5) is 4.39 Å². The van der Waals surface area contributed by atoms with Gasteiger partial charge in [-0.2, -0.15) is 9.57 Å². The van der Waals surface area contributed by atoms with Crippen molar-refractivity contribution in [2.45, 2.75) is 23.8 Å². The lowest BCUT2D eigenvalue weighted by atomic mass is 9.94. The number of benzene rings is 1. The van der Waals surface area contributed by atoms with E-state index in [-0.39, 0.29) is 23.5 Å². The molecule has 0 aliphatic carbocycles. The second-order valence-electron chi connectivity index (χ2n) is 4.60. The molecule has 0 unspecified atom stereocenters. The summed E-state index contributed by atoms with van der Waals surface area (Å²) in [5, 5.41) is 18.5. The van der Waals surface area contributed by atoms with E-state index in [1.807, 2.05) is 0 Å². The molecule has 1 fully saturated rings. The Morgan fingerprint density at radius 2 is 2.16 bits per heavy atom. The molecule has 1 saturated heterocycles. The zero-order valence-corrected chi connectivity index (χ0v) is 11.1. The van der Waals surface area contributed by atoms with Gasteiger partial charge in [-0.25, -0.2) is 12.8 Å². The van der Waals surface area contributed by atoms with E-state index in [1.54, 1.807) is 13.0 Å². The Morgan fingerprint density at radius 1 is 1.53 bits per heavy atom. The van der Waals surface area contributed by atoms with Gasteiger partial charge in [0.25, 0.3) is 0 Å². The number of β-amino-alcohol motifs (C(OH)–C–C–N with tert-alkyl or cyclic N) is 1. The summed E-state index contributed by atoms with van der Waals surface area (Å²) in [4.78, 5) is -0.136. The van der Waals surface area contributed by atoms with Crippen molar-refractivity contribution in [3.8, 4) is 6.07 Å². The molecule has 0 saturated carbocycles. The van der Waals surface area contributed by atoms with Crippen LogP contribution in [0.15, 0.2) is 23.1 Å². The van der Waals surface area contributed by atoms with Gasteiger partial charge in [-0.05, 0) is 24.6 Å². The minimum absolute atomic E-state index is 0.0189. The normalized spacial score (nSPS) is 18.6. The van der Waals surface area contributed by atoms with Crippen molar-refractivity contribution in [1.29, 1.82) is 5.26 Å². The smallest absolute Gasteiger partial charge is 0.243 e. The molecule has 2 rings (SSSR count). The summed E-state index contributed by atoms with van der Waals surface area (Å²) in [6, 6.07) is 4.69. The van der Waals surface area contributed by atoms with Gasteiger partial charge in [0.15, 0.2) is 0 Å². The predicted octanol–water partition coefficient (Wildman–Crippen LogP) is 0.843. The maximum Gasteiger partial charge on any atom is 0.243 e. The number of hydrogen-bond donors (Lipinski definition) is 1. The summed E-state index contributed by atoms with van der Waals surface area (Å²) in [6.45, 7) is 1.81. The fourth-order valence-corrected chi connectivity index (χ4v) is 3.53. The standard InChI is InChI=1S/C12H13FN2O3S/c1-2-12(16)7-15(8-12)19(17,18)10-3-4-11(13)9(5-10)6-14/h3-5,16H,2,7-8H2,1H3. The Hall–Kier alpha value is -1.49. The van der Waals surface area contributed by atoms with Crippen molar-refractivity contribution in [1.82, 2.24) is 4.31 Å². The average molecular weight is 284 g/mol. The Labute approximate surface area is 110 Å². The van der Waals surface area contributed by atoms with Gasteiger partial charge in [0.05, 0.1) is 16.1 Å². The number of nitriles is 1. The van der Waals surface area contributed by atoms with Crippen LogP contribution >= 0.6 is 0 Å². The third-order valence-corrected chi connectivity index (χ3v) is 5.08. The highest BCUT2D eigenvalue weighted by Crippen LogP contribution is 2.30. The average Bonchev–Trinajstić information content (AvgIpc) is 2.35. The molecule has 1 heterocycles. The molecule has 1 aliphatic rings. The largest absolute Gasteiger partial charge is 0.387 e. The monoisotopic (exact) mass is 284 g/mol. The van der Waals surface area contributed by atoms with Gasteiger partial charge in [-0.1, -0.05) is 6.92 Å². The quantitative estimate of drug-likeness (QED) is 0.892. The molecule has 1 aliphatic heterocycles. The van der Waals surface area contributed by atoms with E-state index < -0.39 is 21.4 Å². The minimum atomic E-state index is -3.78. The van der Waals surface area contributed by atoms with Gasteiger partial charge in [-0.3, -0.25) is 0 Å². The lowest BCUT2D eigenvalue weighted by Crippen LogP contribution is -2.62. The number of aliphatic hydroxyl groups is 1. The van der Waals surface area contributed by atoms with Crippen LogP contribution in [0.3, 0.4) is 0 Å². The van der Waals surface area contributed by atoms with E-state index in [9.17, 15) is 17.9 Å². The summed E-state index contributed by atoms with van der Waals surface area (Å²) in [5.41, 5.74) is -1.29. The second-order valence-corrected chi connectivity index (χ2v) is 6.54. The van der Waals surface area contributed by atoms with Gasteiger partial charge in [-0.15, -0.1) is 0 Å². The molecule has 0 aromatic heterocycles. The number of rotatable bonds is 3. The van der Waals surface area contributed by atoms with Crippen molar-refractivity contribution >= 4 is 10.0 Å². The van der Waals surface area contributed by atoms with E-state index in [4.69, 9.17) is 5.26 Å². The SMILES string of the molecule is CCC1(O)CN(S(=O)(=O)c2ccc(F)c(C#N)c2)C1. The molecule has 1 N–H and O–H groups in total. The number of sulfonamides is 1. The van der Waals surface area contributed by atoms with Crippen LogP contribution in [0.5, 0.6) is 0 Å². The topological polar surface area (TPSA) is 81.4 Å². The molecular weight excluding hydrogens is 271 g/mol. The van der Waals surface area contributed by atoms with E-state index in [2.05, 4.69) is 0 Å². The third kappa shape index (κ3) is 2.34. The first-order valence-electron chi connectivity index (χ1n) is 5.74. The van der Waals surface area contributed by atoms with Crippen molar-refractivity contribution in [3.05, 3.63) is 29.6 Å². The van der Waals surface area contributed by atoms with E-state index in [1.165, 1.54) is 0 Å². The van der Waals surface area contributed by atoms with Crippen LogP contribution in [0.25, 0.3) is 0 Å². The zero-order chi connectivity index (χ0) is 14.3. The Balaban J connectivity index is 2.30. The van der Waals surface area contributed by atoms with Gasteiger partial charge in [0.2, 0.25) is 10.0 Å². The van der Waals surface area contributed by atoms with Crippen LogP contribution < -0.4 is 0 Å². The van der Waals surface area contributed by atoms with Crippen LogP contribution in [0.2, 0.25) is 0 Å². The summed E-state index contributed by atoms with van der Waals surface area (Å²) in [7, 11) is -3.78. The molecule has 0 atom stereocenters. The minimum Gasteiger partial charge on any atom is -0.387 e. The molecule has 1 aromatic carbocycles. The number of hydrogen-bond acceptors (Lipinski definition) is 4. The van der Waals surface area contributed by atoms with E-state index in [0.29, 0.717) is 6.42 Å². The Morgan fingerprint density at radius 3 is 2.68 bits per heavy atom. The van der Waals surface area contributed by atoms with Crippen LogP contribution in [0, 0.1) is 17.1 Å². The van der Waals surface area contributed by atoms with Crippen molar-refractivity contribution in [2.24, 2.45) is 0 Å². The fraction of sp³-hybridized carbons (Fsp3) is 0.417. The lowest BCUT2D eigenvalue weighted by molar-refractivity contribution is -0.0613. The van der Waals surface area contributed by atoms with E-state index >= 15 is 0 Å². The van der Waals surface area contributed by atoms with Crippen molar-refractivity contribution < 1.29 is 17.9 Å². The van der Waals surface area contributed by atoms with Gasteiger partial charge in [0.1, 0.15) is 11.9 Å². The molecule has 0 radical (unpaired) electrons. The van der Waals surface area contributed by atoms with Crippen LogP contribution in [-0.4, -0.2) is 36.5 Å². The van der Waals surface area contributed by atoms with Gasteiger partial charge >= 0.3 is 0 Å². The molecule has 0 spiro atoms. The summed E-state index contributed by atoms with van der Waals surface area (Å²) in [6.07, 6.45) is 0.464. The first-order valence-corrected chi connectivity index (χ1v) is 7.18. The molecule has 102 valence electrons. The van der Waals surface area contributed by atoms with Gasteiger partial charge < -0.3 is 5.11 Å². The molecule has 19 heavy (non-hydrogen) atoms. The molecule has 7 heteroatoms.